The molecule has 0 aliphatic carbocycles. The molecule has 9 heteroatoms. The molecule has 0 saturated carbocycles. The normalized spacial score (nSPS) is 14.5. The van der Waals surface area contributed by atoms with E-state index in [0.29, 0.717) is 13.0 Å². The molecule has 0 fully saturated rings. The largest absolute Gasteiger partial charge is 0.472 e. The number of rotatable bonds is 38. The Labute approximate surface area is 330 Å². The molecular weight excluding hydrogens is 697 g/mol. The van der Waals surface area contributed by atoms with Crippen LogP contribution in [-0.4, -0.2) is 49.9 Å². The van der Waals surface area contributed by atoms with Crippen molar-refractivity contribution in [2.24, 2.45) is 5.73 Å². The molecule has 54 heavy (non-hydrogen) atoms. The van der Waals surface area contributed by atoms with Crippen molar-refractivity contribution < 1.29 is 32.8 Å². The number of phosphoric acid groups is 1. The van der Waals surface area contributed by atoms with E-state index in [2.05, 4.69) is 111 Å². The first-order valence-corrected chi connectivity index (χ1v) is 22.2. The second-order valence-corrected chi connectivity index (χ2v) is 14.6. The zero-order valence-electron chi connectivity index (χ0n) is 33.9. The lowest BCUT2D eigenvalue weighted by molar-refractivity contribution is -0.154. The standard InChI is InChI=1S/C45H76NO7P/c1-3-5-7-9-11-13-15-17-19-21-23-25-27-29-31-33-35-37-40-50-42-44(43-52-54(48,49)51-41-39-46)53-45(47)38-36-34-32-30-28-26-24-22-20-18-16-14-12-10-8-6-4-2/h11-14,17-20,23-26,29-32,44H,3-10,15-16,21-22,27-28,33-43,46H2,1-2H3,(H,48,49)/b13-11-,14-12-,19-17-,20-18-,25-23-,26-24-,31-29-,32-30-/t44-/m1/s1. The summed E-state index contributed by atoms with van der Waals surface area (Å²) in [5, 5.41) is 0. The molecule has 0 rings (SSSR count). The lowest BCUT2D eigenvalue weighted by Gasteiger charge is -2.20. The summed E-state index contributed by atoms with van der Waals surface area (Å²) < 4.78 is 33.3. The van der Waals surface area contributed by atoms with Gasteiger partial charge in [0.1, 0.15) is 6.10 Å². The number of phosphoric ester groups is 1. The number of allylic oxidation sites excluding steroid dienone is 16. The quantitative estimate of drug-likeness (QED) is 0.0276. The summed E-state index contributed by atoms with van der Waals surface area (Å²) in [5.41, 5.74) is 5.35. The Morgan fingerprint density at radius 3 is 1.39 bits per heavy atom. The molecule has 0 saturated heterocycles. The highest BCUT2D eigenvalue weighted by Crippen LogP contribution is 2.43. The van der Waals surface area contributed by atoms with Crippen molar-refractivity contribution in [3.63, 3.8) is 0 Å². The number of carbonyl (C=O) groups excluding carboxylic acids is 1. The predicted octanol–water partition coefficient (Wildman–Crippen LogP) is 12.3. The number of hydrogen-bond acceptors (Lipinski definition) is 7. The fourth-order valence-corrected chi connectivity index (χ4v) is 5.68. The Kier molecular flexibility index (Phi) is 39.6. The van der Waals surface area contributed by atoms with Gasteiger partial charge in [-0.2, -0.15) is 0 Å². The van der Waals surface area contributed by atoms with E-state index in [1.54, 1.807) is 0 Å². The van der Waals surface area contributed by atoms with Gasteiger partial charge in [0.2, 0.25) is 0 Å². The molecule has 308 valence electrons. The van der Waals surface area contributed by atoms with Crippen molar-refractivity contribution in [2.75, 3.05) is 33.0 Å². The van der Waals surface area contributed by atoms with Gasteiger partial charge in [0.15, 0.2) is 0 Å². The van der Waals surface area contributed by atoms with Crippen molar-refractivity contribution in [3.8, 4) is 0 Å². The highest BCUT2D eigenvalue weighted by Gasteiger charge is 2.25. The van der Waals surface area contributed by atoms with Crippen LogP contribution in [0, 0.1) is 0 Å². The van der Waals surface area contributed by atoms with E-state index in [1.807, 2.05) is 0 Å². The van der Waals surface area contributed by atoms with Gasteiger partial charge in [0.05, 0.1) is 19.8 Å². The molecule has 3 N–H and O–H groups in total. The highest BCUT2D eigenvalue weighted by molar-refractivity contribution is 7.47. The molecule has 8 nitrogen and oxygen atoms in total. The maximum atomic E-state index is 12.5. The Morgan fingerprint density at radius 1 is 0.556 bits per heavy atom. The molecule has 0 heterocycles. The third-order valence-electron chi connectivity index (χ3n) is 7.97. The van der Waals surface area contributed by atoms with Crippen LogP contribution < -0.4 is 5.73 Å². The molecule has 0 aliphatic rings. The summed E-state index contributed by atoms with van der Waals surface area (Å²) in [6, 6.07) is 0. The predicted molar refractivity (Wildman–Crippen MR) is 228 cm³/mol. The fraction of sp³-hybridized carbons (Fsp3) is 0.622. The maximum Gasteiger partial charge on any atom is 0.472 e. The van der Waals surface area contributed by atoms with Gasteiger partial charge >= 0.3 is 13.8 Å². The van der Waals surface area contributed by atoms with E-state index in [4.69, 9.17) is 24.3 Å². The van der Waals surface area contributed by atoms with Crippen LogP contribution >= 0.6 is 7.82 Å². The topological polar surface area (TPSA) is 117 Å². The van der Waals surface area contributed by atoms with Gasteiger partial charge in [0, 0.05) is 19.6 Å². The molecular formula is C45H76NO7P. The van der Waals surface area contributed by atoms with Crippen molar-refractivity contribution in [2.45, 2.75) is 148 Å². The monoisotopic (exact) mass is 774 g/mol. The Morgan fingerprint density at radius 2 is 0.963 bits per heavy atom. The van der Waals surface area contributed by atoms with Crippen molar-refractivity contribution >= 4 is 13.8 Å². The average Bonchev–Trinajstić information content (AvgIpc) is 3.16. The van der Waals surface area contributed by atoms with Crippen molar-refractivity contribution in [1.29, 1.82) is 0 Å². The van der Waals surface area contributed by atoms with Gasteiger partial charge in [-0.25, -0.2) is 4.57 Å². The van der Waals surface area contributed by atoms with E-state index in [1.165, 1.54) is 51.4 Å². The van der Waals surface area contributed by atoms with Gasteiger partial charge in [-0.15, -0.1) is 0 Å². The Bertz CT molecular complexity index is 1140. The van der Waals surface area contributed by atoms with Crippen LogP contribution in [-0.2, 0) is 27.9 Å². The molecule has 0 aromatic heterocycles. The molecule has 0 aromatic carbocycles. The minimum Gasteiger partial charge on any atom is -0.457 e. The van der Waals surface area contributed by atoms with E-state index >= 15 is 0 Å². The fourth-order valence-electron chi connectivity index (χ4n) is 4.91. The summed E-state index contributed by atoms with van der Waals surface area (Å²) in [4.78, 5) is 22.4. The van der Waals surface area contributed by atoms with Crippen LogP contribution in [0.4, 0.5) is 0 Å². The second-order valence-electron chi connectivity index (χ2n) is 13.1. The van der Waals surface area contributed by atoms with Crippen LogP contribution in [0.5, 0.6) is 0 Å². The summed E-state index contributed by atoms with van der Waals surface area (Å²) in [5.74, 6) is -0.403. The molecule has 0 bridgehead atoms. The minimum absolute atomic E-state index is 0.0597. The summed E-state index contributed by atoms with van der Waals surface area (Å²) in [7, 11) is -4.31. The smallest absolute Gasteiger partial charge is 0.457 e. The first-order valence-electron chi connectivity index (χ1n) is 20.7. The lowest BCUT2D eigenvalue weighted by Crippen LogP contribution is -2.28. The van der Waals surface area contributed by atoms with Gasteiger partial charge < -0.3 is 20.1 Å². The Hall–Kier alpha value is -2.58. The number of carbonyl (C=O) groups is 1. The molecule has 0 amide bonds. The number of nitrogens with two attached hydrogens (primary N) is 1. The van der Waals surface area contributed by atoms with Crippen molar-refractivity contribution in [3.05, 3.63) is 97.2 Å². The molecule has 0 spiro atoms. The number of hydrogen-bond donors (Lipinski definition) is 2. The van der Waals surface area contributed by atoms with E-state index in [-0.39, 0.29) is 32.8 Å². The molecule has 1 unspecified atom stereocenters. The molecule has 0 aliphatic heterocycles. The minimum atomic E-state index is -4.31. The van der Waals surface area contributed by atoms with Crippen LogP contribution in [0.1, 0.15) is 142 Å². The van der Waals surface area contributed by atoms with Crippen LogP contribution in [0.15, 0.2) is 97.2 Å². The van der Waals surface area contributed by atoms with E-state index in [9.17, 15) is 14.3 Å². The molecule has 0 aromatic rings. The second kappa shape index (κ2) is 41.6. The van der Waals surface area contributed by atoms with Crippen LogP contribution in [0.2, 0.25) is 0 Å². The van der Waals surface area contributed by atoms with Gasteiger partial charge in [-0.3, -0.25) is 13.8 Å². The summed E-state index contributed by atoms with van der Waals surface area (Å²) in [6.07, 6.45) is 54.3. The number of esters is 1. The molecule has 0 radical (unpaired) electrons. The SMILES string of the molecule is CCCCC/C=C\C/C=C\C/C=C\C/C=C\CCCCOC[C@H](COP(=O)(O)OCCN)OC(=O)CCC/C=C\C/C=C\C/C=C\C/C=C\CCCCC. The highest BCUT2D eigenvalue weighted by atomic mass is 31.2. The third kappa shape index (κ3) is 40.6. The van der Waals surface area contributed by atoms with Gasteiger partial charge in [0.25, 0.3) is 0 Å². The van der Waals surface area contributed by atoms with Crippen LogP contribution in [0.25, 0.3) is 0 Å². The van der Waals surface area contributed by atoms with E-state index in [0.717, 1.165) is 64.2 Å². The average molecular weight is 774 g/mol. The number of unbranched alkanes of at least 4 members (excludes halogenated alkanes) is 9. The first-order chi connectivity index (χ1) is 26.4. The first kappa shape index (κ1) is 51.4. The summed E-state index contributed by atoms with van der Waals surface area (Å²) in [6.45, 7) is 4.64. The summed E-state index contributed by atoms with van der Waals surface area (Å²) >= 11 is 0. The van der Waals surface area contributed by atoms with Gasteiger partial charge in [-0.05, 0) is 96.3 Å². The Balaban J connectivity index is 4.28. The number of ether oxygens (including phenoxy) is 2. The third-order valence-corrected chi connectivity index (χ3v) is 8.96. The van der Waals surface area contributed by atoms with Gasteiger partial charge in [-0.1, -0.05) is 137 Å². The maximum absolute atomic E-state index is 12.5. The lowest BCUT2D eigenvalue weighted by atomic mass is 10.2. The zero-order valence-corrected chi connectivity index (χ0v) is 34.8. The molecule has 2 atom stereocenters. The van der Waals surface area contributed by atoms with Crippen LogP contribution in [0.3, 0.4) is 0 Å². The van der Waals surface area contributed by atoms with Crippen molar-refractivity contribution in [1.82, 2.24) is 0 Å². The van der Waals surface area contributed by atoms with E-state index < -0.39 is 19.9 Å². The zero-order chi connectivity index (χ0) is 39.5.